The summed E-state index contributed by atoms with van der Waals surface area (Å²) >= 11 is 0. The number of fused-ring (bicyclic) bond motifs is 1. The topological polar surface area (TPSA) is 15.3 Å². The summed E-state index contributed by atoms with van der Waals surface area (Å²) in [5.74, 6) is 0. The fraction of sp³-hybridized carbons (Fsp3) is 0.172. The minimum atomic E-state index is 0.812. The van der Waals surface area contributed by atoms with E-state index < -0.39 is 0 Å². The van der Waals surface area contributed by atoms with Gasteiger partial charge in [-0.25, -0.2) is 0 Å². The third-order valence-corrected chi connectivity index (χ3v) is 6.00. The Kier molecular flexibility index (Phi) is 6.08. The van der Waals surface area contributed by atoms with Gasteiger partial charge < -0.3 is 10.2 Å². The Hall–Kier alpha value is -3.52. The number of nitrogens with one attached hydrogen (secondary N) is 1. The van der Waals surface area contributed by atoms with Gasteiger partial charge in [0.25, 0.3) is 0 Å². The summed E-state index contributed by atoms with van der Waals surface area (Å²) in [4.78, 5) is 2.38. The molecule has 0 radical (unpaired) electrons. The second kappa shape index (κ2) is 9.09. The lowest BCUT2D eigenvalue weighted by Gasteiger charge is -2.23. The van der Waals surface area contributed by atoms with Gasteiger partial charge in [0, 0.05) is 35.7 Å². The third kappa shape index (κ3) is 4.64. The van der Waals surface area contributed by atoms with E-state index in [1.165, 1.54) is 33.4 Å². The smallest absolute Gasteiger partial charge is 0.0457 e. The molecule has 0 spiro atoms. The Bertz CT molecular complexity index is 1120. The predicted octanol–water partition coefficient (Wildman–Crippen LogP) is 6.88. The number of aryl methyl sites for hydroxylation is 3. The summed E-state index contributed by atoms with van der Waals surface area (Å²) in [5.41, 5.74) is 10.9. The Balaban J connectivity index is 1.55. The lowest BCUT2D eigenvalue weighted by atomic mass is 9.96. The summed E-state index contributed by atoms with van der Waals surface area (Å²) in [6.07, 6.45) is 3.78. The monoisotopic (exact) mass is 406 g/mol. The van der Waals surface area contributed by atoms with Crippen molar-refractivity contribution < 1.29 is 0 Å². The molecule has 0 atom stereocenters. The first-order valence-corrected chi connectivity index (χ1v) is 10.8. The molecule has 0 aliphatic carbocycles. The maximum atomic E-state index is 4.51. The van der Waals surface area contributed by atoms with Crippen molar-refractivity contribution >= 4 is 11.4 Å². The molecule has 31 heavy (non-hydrogen) atoms. The first kappa shape index (κ1) is 20.7. The molecule has 3 aromatic carbocycles. The number of hydrogen-bond acceptors (Lipinski definition) is 2. The van der Waals surface area contributed by atoms with Crippen LogP contribution in [0.4, 0.5) is 5.69 Å². The molecular formula is C29H30N2. The molecule has 0 saturated heterocycles. The fourth-order valence-corrected chi connectivity index (χ4v) is 4.26. The van der Waals surface area contributed by atoms with Crippen molar-refractivity contribution in [3.8, 4) is 0 Å². The summed E-state index contributed by atoms with van der Waals surface area (Å²) in [6.45, 7) is 16.2. The molecule has 0 fully saturated rings. The van der Waals surface area contributed by atoms with Crippen molar-refractivity contribution in [2.45, 2.75) is 32.9 Å². The average Bonchev–Trinajstić information content (AvgIpc) is 3.23. The van der Waals surface area contributed by atoms with E-state index in [1.54, 1.807) is 6.08 Å². The number of nitrogens with zero attached hydrogens (tertiary/aromatic N) is 1. The van der Waals surface area contributed by atoms with Crippen LogP contribution in [0.1, 0.15) is 33.4 Å². The van der Waals surface area contributed by atoms with Gasteiger partial charge in [-0.2, -0.15) is 0 Å². The molecule has 156 valence electrons. The molecular weight excluding hydrogens is 376 g/mol. The molecule has 2 heteroatoms. The van der Waals surface area contributed by atoms with Crippen LogP contribution in [0.3, 0.4) is 0 Å². The van der Waals surface area contributed by atoms with Crippen LogP contribution in [0, 0.1) is 6.92 Å². The van der Waals surface area contributed by atoms with E-state index in [2.05, 4.69) is 104 Å². The van der Waals surface area contributed by atoms with Gasteiger partial charge in [-0.1, -0.05) is 86.0 Å². The van der Waals surface area contributed by atoms with Crippen molar-refractivity contribution in [2.24, 2.45) is 0 Å². The minimum Gasteiger partial charge on any atom is -0.363 e. The number of anilines is 1. The molecule has 2 nitrogen and oxygen atoms in total. The highest BCUT2D eigenvalue weighted by Gasteiger charge is 2.24. The van der Waals surface area contributed by atoms with E-state index >= 15 is 0 Å². The van der Waals surface area contributed by atoms with Gasteiger partial charge in [0.1, 0.15) is 0 Å². The van der Waals surface area contributed by atoms with E-state index in [4.69, 9.17) is 0 Å². The molecule has 1 aliphatic heterocycles. The van der Waals surface area contributed by atoms with E-state index in [0.29, 0.717) is 0 Å². The molecule has 0 bridgehead atoms. The quantitative estimate of drug-likeness (QED) is 0.410. The fourth-order valence-electron chi connectivity index (χ4n) is 4.26. The summed E-state index contributed by atoms with van der Waals surface area (Å²) < 4.78 is 0. The van der Waals surface area contributed by atoms with Crippen molar-refractivity contribution in [1.82, 2.24) is 4.90 Å². The molecule has 0 amide bonds. The van der Waals surface area contributed by atoms with Crippen LogP contribution >= 0.6 is 0 Å². The number of allylic oxidation sites excluding steroid dienone is 1. The average molecular weight is 407 g/mol. The van der Waals surface area contributed by atoms with Crippen LogP contribution in [0.25, 0.3) is 5.70 Å². The third-order valence-electron chi connectivity index (χ3n) is 6.00. The molecule has 0 saturated carbocycles. The first-order chi connectivity index (χ1) is 15.0. The van der Waals surface area contributed by atoms with Gasteiger partial charge in [-0.3, -0.25) is 0 Å². The largest absolute Gasteiger partial charge is 0.363 e. The van der Waals surface area contributed by atoms with Gasteiger partial charge in [0.2, 0.25) is 0 Å². The molecule has 0 unspecified atom stereocenters. The molecule has 1 aliphatic rings. The second-order valence-electron chi connectivity index (χ2n) is 8.25. The zero-order valence-corrected chi connectivity index (χ0v) is 18.3. The van der Waals surface area contributed by atoms with Crippen LogP contribution in [0.2, 0.25) is 0 Å². The van der Waals surface area contributed by atoms with Gasteiger partial charge >= 0.3 is 0 Å². The maximum Gasteiger partial charge on any atom is 0.0457 e. The first-order valence-electron chi connectivity index (χ1n) is 10.8. The molecule has 4 rings (SSSR count). The van der Waals surface area contributed by atoms with Crippen LogP contribution in [-0.4, -0.2) is 4.90 Å². The highest BCUT2D eigenvalue weighted by atomic mass is 15.2. The van der Waals surface area contributed by atoms with E-state index in [-0.39, 0.29) is 0 Å². The summed E-state index contributed by atoms with van der Waals surface area (Å²) in [5, 5.41) is 3.38. The zero-order chi connectivity index (χ0) is 21.8. The molecule has 3 aromatic rings. The van der Waals surface area contributed by atoms with Crippen molar-refractivity contribution in [1.29, 1.82) is 0 Å². The standard InChI is InChI=1S/C29H30N2/c1-5-22(3)30-29-13-9-12-26-19-31(20-28(26)29)23(4)27-17-14-21(2)18-25(27)16-15-24-10-7-6-8-11-24/h5-14,17-18,30H,1,3-4,15-16,19-20H2,2H3. The van der Waals surface area contributed by atoms with Crippen LogP contribution in [-0.2, 0) is 25.9 Å². The zero-order valence-electron chi connectivity index (χ0n) is 18.3. The van der Waals surface area contributed by atoms with E-state index in [0.717, 1.165) is 43.0 Å². The van der Waals surface area contributed by atoms with Gasteiger partial charge in [0.05, 0.1) is 0 Å². The van der Waals surface area contributed by atoms with Crippen molar-refractivity contribution in [2.75, 3.05) is 5.32 Å². The lowest BCUT2D eigenvalue weighted by Crippen LogP contribution is -2.15. The van der Waals surface area contributed by atoms with Gasteiger partial charge in [-0.05, 0) is 54.2 Å². The lowest BCUT2D eigenvalue weighted by molar-refractivity contribution is 0.424. The second-order valence-corrected chi connectivity index (χ2v) is 8.25. The summed E-state index contributed by atoms with van der Waals surface area (Å²) in [6, 6.07) is 23.8. The normalized spacial score (nSPS) is 12.4. The van der Waals surface area contributed by atoms with E-state index in [9.17, 15) is 0 Å². The van der Waals surface area contributed by atoms with Crippen molar-refractivity contribution in [3.05, 3.63) is 132 Å². The Morgan fingerprint density at radius 1 is 0.968 bits per heavy atom. The number of benzene rings is 3. The Labute approximate surface area is 186 Å². The van der Waals surface area contributed by atoms with Gasteiger partial charge in [-0.15, -0.1) is 0 Å². The minimum absolute atomic E-state index is 0.812. The Morgan fingerprint density at radius 3 is 2.55 bits per heavy atom. The van der Waals surface area contributed by atoms with Crippen LogP contribution < -0.4 is 5.32 Å². The Morgan fingerprint density at radius 2 is 1.77 bits per heavy atom. The van der Waals surface area contributed by atoms with Gasteiger partial charge in [0.15, 0.2) is 0 Å². The van der Waals surface area contributed by atoms with Crippen LogP contribution in [0.15, 0.2) is 98.2 Å². The molecule has 1 N–H and O–H groups in total. The summed E-state index contributed by atoms with van der Waals surface area (Å²) in [7, 11) is 0. The van der Waals surface area contributed by atoms with Crippen molar-refractivity contribution in [3.63, 3.8) is 0 Å². The highest BCUT2D eigenvalue weighted by molar-refractivity contribution is 5.68. The molecule has 0 aromatic heterocycles. The maximum absolute atomic E-state index is 4.51. The highest BCUT2D eigenvalue weighted by Crippen LogP contribution is 2.35. The number of rotatable bonds is 8. The van der Waals surface area contributed by atoms with Crippen LogP contribution in [0.5, 0.6) is 0 Å². The predicted molar refractivity (Wildman–Crippen MR) is 133 cm³/mol. The SMILES string of the molecule is C=CC(=C)Nc1cccc2c1CN(C(=C)c1ccc(C)cc1CCc1ccccc1)C2. The molecule has 1 heterocycles. The van der Waals surface area contributed by atoms with E-state index in [1.807, 2.05) is 0 Å². The number of hydrogen-bond donors (Lipinski definition) is 1.